The van der Waals surface area contributed by atoms with Crippen molar-refractivity contribution in [1.82, 2.24) is 16.8 Å². The molecule has 0 unspecified atom stereocenters. The van der Waals surface area contributed by atoms with Gasteiger partial charge in [-0.15, -0.1) is 0 Å². The van der Waals surface area contributed by atoms with E-state index >= 15 is 0 Å². The molecule has 17 heavy (non-hydrogen) atoms. The zero-order valence-corrected chi connectivity index (χ0v) is 8.08. The average molecular weight is 252 g/mol. The summed E-state index contributed by atoms with van der Waals surface area (Å²) in [6.07, 6.45) is 0. The Labute approximate surface area is 92.1 Å². The molecule has 0 rings (SSSR count). The van der Waals surface area contributed by atoms with Crippen molar-refractivity contribution in [1.29, 1.82) is 0 Å². The zero-order valence-electron chi connectivity index (χ0n) is 8.08. The number of urea groups is 2. The number of rotatable bonds is 3. The van der Waals surface area contributed by atoms with Crippen molar-refractivity contribution in [3.05, 3.63) is 31.9 Å². The molecule has 4 amide bonds. The van der Waals surface area contributed by atoms with E-state index < -0.39 is 33.6 Å². The highest BCUT2D eigenvalue weighted by Crippen LogP contribution is 2.00. The standard InChI is InChI=1S/C4H5N5O7.H3N/c5-3(11)7-4(12)6-1(10)2(8(13)14)9(15)16;/h10H,(H4,5,6,7,11,12);1H3. The summed E-state index contributed by atoms with van der Waals surface area (Å²) in [7, 11) is 0. The lowest BCUT2D eigenvalue weighted by Crippen LogP contribution is -2.42. The first-order valence-electron chi connectivity index (χ1n) is 3.35. The number of carbonyl (C=O) groups is 2. The van der Waals surface area contributed by atoms with Crippen molar-refractivity contribution in [3.63, 3.8) is 0 Å². The Balaban J connectivity index is 0. The van der Waals surface area contributed by atoms with Crippen LogP contribution in [0.15, 0.2) is 11.7 Å². The first-order chi connectivity index (χ1) is 7.25. The SMILES string of the molecule is N.NC(=O)NC(=O)NC(O)=C([N+](=O)[O-])[N+](=O)[O-]. The van der Waals surface area contributed by atoms with E-state index in [9.17, 15) is 29.8 Å². The van der Waals surface area contributed by atoms with Gasteiger partial charge in [0, 0.05) is 0 Å². The molecule has 0 aliphatic heterocycles. The van der Waals surface area contributed by atoms with Gasteiger partial charge in [-0.1, -0.05) is 0 Å². The summed E-state index contributed by atoms with van der Waals surface area (Å²) in [4.78, 5) is 37.8. The fraction of sp³-hybridized carbons (Fsp3) is 0. The van der Waals surface area contributed by atoms with Crippen LogP contribution in [0.25, 0.3) is 0 Å². The third-order valence-corrected chi connectivity index (χ3v) is 1.03. The van der Waals surface area contributed by atoms with Crippen LogP contribution in [-0.4, -0.2) is 27.0 Å². The molecular weight excluding hydrogens is 244 g/mol. The van der Waals surface area contributed by atoms with Crippen molar-refractivity contribution < 1.29 is 24.5 Å². The number of carbonyl (C=O) groups excluding carboxylic acids is 2. The molecule has 0 radical (unpaired) electrons. The molecule has 0 fully saturated rings. The van der Waals surface area contributed by atoms with Crippen molar-refractivity contribution in [3.8, 4) is 0 Å². The monoisotopic (exact) mass is 252 g/mol. The van der Waals surface area contributed by atoms with E-state index in [1.54, 1.807) is 0 Å². The number of hydrogen-bond donors (Lipinski definition) is 5. The molecular formula is C4H8N6O7. The van der Waals surface area contributed by atoms with E-state index in [0.717, 1.165) is 0 Å². The molecule has 0 aromatic rings. The molecule has 96 valence electrons. The number of amides is 4. The number of aliphatic hydroxyl groups excluding tert-OH is 1. The Bertz CT molecular complexity index is 372. The molecule has 0 atom stereocenters. The van der Waals surface area contributed by atoms with E-state index in [4.69, 9.17) is 5.11 Å². The highest BCUT2D eigenvalue weighted by atomic mass is 16.7. The van der Waals surface area contributed by atoms with Gasteiger partial charge in [-0.25, -0.2) is 9.59 Å². The Morgan fingerprint density at radius 1 is 1.12 bits per heavy atom. The van der Waals surface area contributed by atoms with Crippen molar-refractivity contribution in [2.75, 3.05) is 0 Å². The summed E-state index contributed by atoms with van der Waals surface area (Å²) in [6, 6.07) is -2.76. The van der Waals surface area contributed by atoms with Crippen LogP contribution in [0.3, 0.4) is 0 Å². The van der Waals surface area contributed by atoms with Crippen LogP contribution in [0.2, 0.25) is 0 Å². The minimum absolute atomic E-state index is 0. The molecule has 0 spiro atoms. The highest BCUT2D eigenvalue weighted by molar-refractivity contribution is 5.93. The summed E-state index contributed by atoms with van der Waals surface area (Å²) in [6.45, 7) is 0. The van der Waals surface area contributed by atoms with Gasteiger partial charge in [0.1, 0.15) is 9.85 Å². The van der Waals surface area contributed by atoms with Gasteiger partial charge in [-0.3, -0.25) is 30.9 Å². The number of imide groups is 1. The van der Waals surface area contributed by atoms with E-state index in [1.165, 1.54) is 10.6 Å². The molecule has 0 saturated heterocycles. The maximum atomic E-state index is 10.7. The van der Waals surface area contributed by atoms with Crippen LogP contribution in [0, 0.1) is 20.2 Å². The molecule has 0 heterocycles. The largest absolute Gasteiger partial charge is 0.619 e. The minimum Gasteiger partial charge on any atom is -0.485 e. The van der Waals surface area contributed by atoms with Crippen LogP contribution in [0.5, 0.6) is 0 Å². The minimum atomic E-state index is -1.85. The predicted octanol–water partition coefficient (Wildman–Crippen LogP) is -1.24. The van der Waals surface area contributed by atoms with Crippen molar-refractivity contribution >= 4 is 12.1 Å². The molecule has 0 aliphatic carbocycles. The molecule has 0 bridgehead atoms. The lowest BCUT2D eigenvalue weighted by molar-refractivity contribution is -0.619. The predicted molar refractivity (Wildman–Crippen MR) is 49.9 cm³/mol. The smallest absolute Gasteiger partial charge is 0.485 e. The van der Waals surface area contributed by atoms with Gasteiger partial charge in [-0.2, -0.15) is 0 Å². The fourth-order valence-corrected chi connectivity index (χ4v) is 0.546. The topological polar surface area (TPSA) is 226 Å². The van der Waals surface area contributed by atoms with Gasteiger partial charge < -0.3 is 17.0 Å². The molecule has 0 aliphatic rings. The van der Waals surface area contributed by atoms with Crippen molar-refractivity contribution in [2.45, 2.75) is 0 Å². The van der Waals surface area contributed by atoms with Crippen molar-refractivity contribution in [2.24, 2.45) is 5.73 Å². The molecule has 0 aromatic heterocycles. The second-order valence-corrected chi connectivity index (χ2v) is 2.13. The normalized spacial score (nSPS) is 8.24. The molecule has 8 N–H and O–H groups in total. The van der Waals surface area contributed by atoms with E-state index in [1.807, 2.05) is 0 Å². The van der Waals surface area contributed by atoms with E-state index in [0.29, 0.717) is 0 Å². The van der Waals surface area contributed by atoms with Gasteiger partial charge in [-0.05, 0) is 0 Å². The molecule has 13 heteroatoms. The van der Waals surface area contributed by atoms with E-state index in [2.05, 4.69) is 5.73 Å². The van der Waals surface area contributed by atoms with Crippen LogP contribution >= 0.6 is 0 Å². The average Bonchev–Trinajstić information content (AvgIpc) is 1.98. The quantitative estimate of drug-likeness (QED) is 0.231. The van der Waals surface area contributed by atoms with Crippen LogP contribution in [0.4, 0.5) is 9.59 Å². The number of nitrogens with two attached hydrogens (primary N) is 1. The number of nitro groups is 2. The number of nitrogens with one attached hydrogen (secondary N) is 2. The molecule has 0 aromatic carbocycles. The Morgan fingerprint density at radius 2 is 1.53 bits per heavy atom. The third-order valence-electron chi connectivity index (χ3n) is 1.03. The lowest BCUT2D eigenvalue weighted by Gasteiger charge is -2.00. The zero-order chi connectivity index (χ0) is 12.9. The maximum Gasteiger partial charge on any atom is 0.619 e. The summed E-state index contributed by atoms with van der Waals surface area (Å²) in [5, 5.41) is 31.6. The van der Waals surface area contributed by atoms with Gasteiger partial charge in [0.15, 0.2) is 0 Å². The second-order valence-electron chi connectivity index (χ2n) is 2.13. The van der Waals surface area contributed by atoms with Gasteiger partial charge in [0.25, 0.3) is 0 Å². The Hall–Kier alpha value is -2.96. The first kappa shape index (κ1) is 16.5. The first-order valence-corrected chi connectivity index (χ1v) is 3.35. The Morgan fingerprint density at radius 3 is 1.82 bits per heavy atom. The summed E-state index contributed by atoms with van der Waals surface area (Å²) in [5.41, 5.74) is 4.49. The molecule has 13 nitrogen and oxygen atoms in total. The lowest BCUT2D eigenvalue weighted by atomic mass is 10.7. The van der Waals surface area contributed by atoms with Gasteiger partial charge in [0.2, 0.25) is 0 Å². The van der Waals surface area contributed by atoms with Gasteiger partial charge in [0.05, 0.1) is 0 Å². The Kier molecular flexibility index (Phi) is 6.31. The van der Waals surface area contributed by atoms with Crippen LogP contribution < -0.4 is 22.5 Å². The maximum absolute atomic E-state index is 10.7. The summed E-state index contributed by atoms with van der Waals surface area (Å²) in [5.74, 6) is -3.48. The highest BCUT2D eigenvalue weighted by Gasteiger charge is 2.34. The number of aliphatic hydroxyl groups is 1. The summed E-state index contributed by atoms with van der Waals surface area (Å²) < 4.78 is 0. The number of nitrogens with zero attached hydrogens (tertiary/aromatic N) is 2. The van der Waals surface area contributed by atoms with Gasteiger partial charge >= 0.3 is 23.8 Å². The van der Waals surface area contributed by atoms with E-state index in [-0.39, 0.29) is 6.15 Å². The second kappa shape index (κ2) is 6.51. The summed E-state index contributed by atoms with van der Waals surface area (Å²) >= 11 is 0. The van der Waals surface area contributed by atoms with Crippen LogP contribution in [0.1, 0.15) is 0 Å². The fourth-order valence-electron chi connectivity index (χ4n) is 0.546. The van der Waals surface area contributed by atoms with Crippen LogP contribution in [-0.2, 0) is 0 Å². The number of primary amides is 1. The number of hydrogen-bond acceptors (Lipinski definition) is 8. The molecule has 0 saturated carbocycles. The third kappa shape index (κ3) is 5.47.